The molecule has 2 rings (SSSR count). The zero-order chi connectivity index (χ0) is 15.5. The Hall–Kier alpha value is -1.94. The number of aromatic nitrogens is 1. The molecule has 0 aliphatic carbocycles. The summed E-state index contributed by atoms with van der Waals surface area (Å²) in [5, 5.41) is 9.27. The molecule has 5 nitrogen and oxygen atoms in total. The number of hydrogen-bond acceptors (Lipinski definition) is 4. The van der Waals surface area contributed by atoms with Gasteiger partial charge in [-0.15, -0.1) is 0 Å². The summed E-state index contributed by atoms with van der Waals surface area (Å²) in [6.45, 7) is 0.222. The normalized spacial score (nSPS) is 11.3. The van der Waals surface area contributed by atoms with Crippen molar-refractivity contribution in [1.82, 2.24) is 9.29 Å². The van der Waals surface area contributed by atoms with Crippen molar-refractivity contribution in [2.75, 3.05) is 7.05 Å². The molecule has 108 valence electrons. The van der Waals surface area contributed by atoms with Gasteiger partial charge in [-0.25, -0.2) is 13.4 Å². The van der Waals surface area contributed by atoms with Crippen LogP contribution < -0.4 is 0 Å². The van der Waals surface area contributed by atoms with Crippen LogP contribution in [0.3, 0.4) is 0 Å². The fourth-order valence-corrected chi connectivity index (χ4v) is 2.94. The van der Waals surface area contributed by atoms with E-state index in [0.717, 1.165) is 5.56 Å². The maximum Gasteiger partial charge on any atom is 0.244 e. The molecule has 0 amide bonds. The van der Waals surface area contributed by atoms with E-state index in [1.165, 1.54) is 29.7 Å². The van der Waals surface area contributed by atoms with Crippen molar-refractivity contribution in [2.24, 2.45) is 0 Å². The van der Waals surface area contributed by atoms with Crippen molar-refractivity contribution in [1.29, 1.82) is 5.26 Å². The summed E-state index contributed by atoms with van der Waals surface area (Å²) in [5.41, 5.74) is 1.00. The molecule has 0 saturated heterocycles. The van der Waals surface area contributed by atoms with Crippen molar-refractivity contribution < 1.29 is 8.42 Å². The van der Waals surface area contributed by atoms with E-state index < -0.39 is 10.0 Å². The summed E-state index contributed by atoms with van der Waals surface area (Å²) in [4.78, 5) is 3.83. The average Bonchev–Trinajstić information content (AvgIpc) is 2.49. The fourth-order valence-electron chi connectivity index (χ4n) is 1.71. The molecule has 1 heterocycles. The third kappa shape index (κ3) is 3.58. The molecule has 21 heavy (non-hydrogen) atoms. The molecule has 0 unspecified atom stereocenters. The van der Waals surface area contributed by atoms with Gasteiger partial charge in [0.15, 0.2) is 0 Å². The third-order valence-corrected chi connectivity index (χ3v) is 4.92. The van der Waals surface area contributed by atoms with Gasteiger partial charge in [0.2, 0.25) is 10.0 Å². The molecule has 0 aliphatic rings. The van der Waals surface area contributed by atoms with Crippen LogP contribution in [0.5, 0.6) is 0 Å². The van der Waals surface area contributed by atoms with Gasteiger partial charge in [0.25, 0.3) is 0 Å². The van der Waals surface area contributed by atoms with Crippen molar-refractivity contribution in [3.05, 3.63) is 58.9 Å². The van der Waals surface area contributed by atoms with Crippen LogP contribution in [0.25, 0.3) is 0 Å². The van der Waals surface area contributed by atoms with Gasteiger partial charge in [-0.05, 0) is 29.8 Å². The zero-order valence-electron chi connectivity index (χ0n) is 11.2. The molecule has 0 radical (unpaired) electrons. The van der Waals surface area contributed by atoms with E-state index in [0.29, 0.717) is 5.02 Å². The molecule has 0 spiro atoms. The molecule has 2 aromatic rings. The van der Waals surface area contributed by atoms with Gasteiger partial charge in [-0.1, -0.05) is 23.7 Å². The standard InChI is InChI=1S/C14H12ClN3O2S/c1-18(10-11-2-4-12(15)5-3-11)21(19,20)14-7-6-13(8-16)17-9-14/h2-7,9H,10H2,1H3. The number of sulfonamides is 1. The van der Waals surface area contributed by atoms with Gasteiger partial charge in [0.05, 0.1) is 0 Å². The minimum atomic E-state index is -3.64. The first kappa shape index (κ1) is 15.4. The highest BCUT2D eigenvalue weighted by atomic mass is 35.5. The first-order valence-corrected chi connectivity index (χ1v) is 7.82. The Morgan fingerprint density at radius 2 is 1.90 bits per heavy atom. The molecule has 0 atom stereocenters. The molecule has 0 saturated carbocycles. The number of rotatable bonds is 4. The van der Waals surface area contributed by atoms with Gasteiger partial charge in [-0.2, -0.15) is 9.57 Å². The SMILES string of the molecule is CN(Cc1ccc(Cl)cc1)S(=O)(=O)c1ccc(C#N)nc1. The molecule has 1 aromatic heterocycles. The lowest BCUT2D eigenvalue weighted by Gasteiger charge is -2.17. The monoisotopic (exact) mass is 321 g/mol. The predicted octanol–water partition coefficient (Wildman–Crippen LogP) is 2.43. The van der Waals surface area contributed by atoms with Gasteiger partial charge >= 0.3 is 0 Å². The lowest BCUT2D eigenvalue weighted by molar-refractivity contribution is 0.466. The summed E-state index contributed by atoms with van der Waals surface area (Å²) in [7, 11) is -2.16. The summed E-state index contributed by atoms with van der Waals surface area (Å²) in [6.07, 6.45) is 1.19. The number of hydrogen-bond donors (Lipinski definition) is 0. The Labute approximate surface area is 128 Å². The zero-order valence-corrected chi connectivity index (χ0v) is 12.8. The lowest BCUT2D eigenvalue weighted by atomic mass is 10.2. The summed E-state index contributed by atoms with van der Waals surface area (Å²) < 4.78 is 26.0. The lowest BCUT2D eigenvalue weighted by Crippen LogP contribution is -2.26. The van der Waals surface area contributed by atoms with Crippen molar-refractivity contribution in [3.8, 4) is 6.07 Å². The van der Waals surface area contributed by atoms with Crippen LogP contribution in [0.4, 0.5) is 0 Å². The molecule has 7 heteroatoms. The van der Waals surface area contributed by atoms with Crippen LogP contribution in [-0.4, -0.2) is 24.8 Å². The topological polar surface area (TPSA) is 74.1 Å². The van der Waals surface area contributed by atoms with E-state index in [9.17, 15) is 8.42 Å². The average molecular weight is 322 g/mol. The van der Waals surface area contributed by atoms with E-state index in [1.807, 2.05) is 6.07 Å². The Morgan fingerprint density at radius 3 is 2.43 bits per heavy atom. The van der Waals surface area contributed by atoms with E-state index in [-0.39, 0.29) is 17.1 Å². The molecule has 0 aliphatic heterocycles. The van der Waals surface area contributed by atoms with Gasteiger partial charge in [-0.3, -0.25) is 0 Å². The van der Waals surface area contributed by atoms with Gasteiger partial charge < -0.3 is 0 Å². The predicted molar refractivity (Wildman–Crippen MR) is 79.1 cm³/mol. The summed E-state index contributed by atoms with van der Waals surface area (Å²) >= 11 is 5.80. The molecular formula is C14H12ClN3O2S. The maximum absolute atomic E-state index is 12.4. The van der Waals surface area contributed by atoms with E-state index in [4.69, 9.17) is 16.9 Å². The smallest absolute Gasteiger partial charge is 0.244 e. The van der Waals surface area contributed by atoms with Crippen LogP contribution in [0.2, 0.25) is 5.02 Å². The quantitative estimate of drug-likeness (QED) is 0.866. The van der Waals surface area contributed by atoms with Crippen LogP contribution in [0, 0.1) is 11.3 Å². The van der Waals surface area contributed by atoms with Crippen LogP contribution >= 0.6 is 11.6 Å². The van der Waals surface area contributed by atoms with Crippen LogP contribution in [0.15, 0.2) is 47.5 Å². The molecule has 0 bridgehead atoms. The maximum atomic E-state index is 12.4. The van der Waals surface area contributed by atoms with E-state index in [2.05, 4.69) is 4.98 Å². The van der Waals surface area contributed by atoms with Crippen LogP contribution in [0.1, 0.15) is 11.3 Å². The first-order chi connectivity index (χ1) is 9.93. The fraction of sp³-hybridized carbons (Fsp3) is 0.143. The summed E-state index contributed by atoms with van der Waals surface area (Å²) in [6, 6.07) is 11.6. The number of pyridine rings is 1. The van der Waals surface area contributed by atoms with Gasteiger partial charge in [0, 0.05) is 24.8 Å². The highest BCUT2D eigenvalue weighted by Crippen LogP contribution is 2.17. The minimum absolute atomic E-state index is 0.0537. The van der Waals surface area contributed by atoms with Crippen molar-refractivity contribution in [3.63, 3.8) is 0 Å². The van der Waals surface area contributed by atoms with Gasteiger partial charge in [0.1, 0.15) is 16.7 Å². The highest BCUT2D eigenvalue weighted by Gasteiger charge is 2.21. The second kappa shape index (κ2) is 6.22. The Morgan fingerprint density at radius 1 is 1.24 bits per heavy atom. The first-order valence-electron chi connectivity index (χ1n) is 6.00. The van der Waals surface area contributed by atoms with Crippen LogP contribution in [-0.2, 0) is 16.6 Å². The van der Waals surface area contributed by atoms with Crippen molar-refractivity contribution in [2.45, 2.75) is 11.4 Å². The molecule has 0 fully saturated rings. The number of nitriles is 1. The Bertz CT molecular complexity index is 765. The summed E-state index contributed by atoms with van der Waals surface area (Å²) in [5.74, 6) is 0. The second-order valence-corrected chi connectivity index (χ2v) is 6.86. The molecule has 0 N–H and O–H groups in total. The minimum Gasteiger partial charge on any atom is -0.244 e. The number of nitrogens with zero attached hydrogens (tertiary/aromatic N) is 3. The van der Waals surface area contributed by atoms with E-state index in [1.54, 1.807) is 24.3 Å². The van der Waals surface area contributed by atoms with Crippen molar-refractivity contribution >= 4 is 21.6 Å². The Kier molecular flexibility index (Phi) is 4.58. The second-order valence-electron chi connectivity index (χ2n) is 4.38. The highest BCUT2D eigenvalue weighted by molar-refractivity contribution is 7.89. The largest absolute Gasteiger partial charge is 0.244 e. The molecular weight excluding hydrogens is 310 g/mol. The molecule has 1 aromatic carbocycles. The third-order valence-electron chi connectivity index (χ3n) is 2.88. The van der Waals surface area contributed by atoms with E-state index >= 15 is 0 Å². The Balaban J connectivity index is 2.21. The number of halogens is 1. The number of benzene rings is 1.